The lowest BCUT2D eigenvalue weighted by Crippen LogP contribution is -2.47. The van der Waals surface area contributed by atoms with E-state index in [0.29, 0.717) is 10.7 Å². The van der Waals surface area contributed by atoms with Crippen molar-refractivity contribution in [3.8, 4) is 0 Å². The van der Waals surface area contributed by atoms with E-state index in [4.69, 9.17) is 11.6 Å². The number of rotatable bonds is 0. The molecule has 1 aromatic carbocycles. The van der Waals surface area contributed by atoms with Gasteiger partial charge >= 0.3 is 13.2 Å². The Morgan fingerprint density at radius 3 is 2.09 bits per heavy atom. The number of hydrazine groups is 2. The second-order valence-corrected chi connectivity index (χ2v) is 5.40. The number of guanidine groups is 1. The van der Waals surface area contributed by atoms with Crippen molar-refractivity contribution in [3.63, 3.8) is 0 Å². The van der Waals surface area contributed by atoms with E-state index in [1.54, 1.807) is 16.8 Å². The molecule has 0 saturated carbocycles. The van der Waals surface area contributed by atoms with Crippen molar-refractivity contribution >= 4 is 36.2 Å². The van der Waals surface area contributed by atoms with E-state index in [1.807, 2.05) is 44.1 Å². The first-order chi connectivity index (χ1) is 10.4. The Labute approximate surface area is 136 Å². The molecular weight excluding hydrogens is 340 g/mol. The van der Waals surface area contributed by atoms with Crippen LogP contribution in [0.4, 0.5) is 28.6 Å². The molecule has 1 heterocycles. The van der Waals surface area contributed by atoms with Crippen molar-refractivity contribution in [2.75, 3.05) is 33.4 Å². The summed E-state index contributed by atoms with van der Waals surface area (Å²) in [5, 5.41) is 11.4. The average molecular weight is 358 g/mol. The maximum atomic E-state index is 9.86. The molecule has 0 spiro atoms. The monoisotopic (exact) mass is 357 g/mol. The van der Waals surface area contributed by atoms with Crippen molar-refractivity contribution in [3.05, 3.63) is 23.2 Å². The third-order valence-corrected chi connectivity index (χ3v) is 2.84. The second-order valence-electron chi connectivity index (χ2n) is 4.96. The third kappa shape index (κ3) is 5.36. The lowest BCUT2D eigenvalue weighted by atomic mass is 10.3. The minimum Gasteiger partial charge on any atom is -0.418 e. The number of halogens is 5. The Morgan fingerprint density at radius 2 is 1.65 bits per heavy atom. The van der Waals surface area contributed by atoms with Crippen molar-refractivity contribution < 1.29 is 27.2 Å². The van der Waals surface area contributed by atoms with E-state index >= 15 is 0 Å². The summed E-state index contributed by atoms with van der Waals surface area (Å²) in [4.78, 5) is 3.90. The molecule has 0 fully saturated rings. The number of benzene rings is 1. The lowest BCUT2D eigenvalue weighted by Gasteiger charge is -2.18. The third-order valence-electron chi connectivity index (χ3n) is 2.60. The predicted molar refractivity (Wildman–Crippen MR) is 81.3 cm³/mol. The molecule has 130 valence electrons. The number of fused-ring (bicyclic) bond motifs is 1. The molecule has 0 unspecified atom stereocenters. The summed E-state index contributed by atoms with van der Waals surface area (Å²) in [5.74, 6) is 0.884. The summed E-state index contributed by atoms with van der Waals surface area (Å²) in [5.41, 5.74) is 4.30. The van der Waals surface area contributed by atoms with E-state index in [1.165, 1.54) is 0 Å². The minimum atomic E-state index is -6.00. The Kier molecular flexibility index (Phi) is 5.95. The maximum Gasteiger partial charge on any atom is 0.673 e. The zero-order valence-electron chi connectivity index (χ0n) is 12.9. The maximum absolute atomic E-state index is 9.86. The van der Waals surface area contributed by atoms with Gasteiger partial charge in [0.1, 0.15) is 5.69 Å². The van der Waals surface area contributed by atoms with E-state index in [-0.39, 0.29) is 0 Å². The van der Waals surface area contributed by atoms with Gasteiger partial charge in [-0.15, -0.1) is 9.86 Å². The van der Waals surface area contributed by atoms with Crippen LogP contribution in [0.15, 0.2) is 18.2 Å². The van der Waals surface area contributed by atoms with Crippen LogP contribution in [0.1, 0.15) is 0 Å². The molecule has 6 nitrogen and oxygen atoms in total. The summed E-state index contributed by atoms with van der Waals surface area (Å²) < 4.78 is 40.8. The van der Waals surface area contributed by atoms with Crippen molar-refractivity contribution in [1.29, 1.82) is 0 Å². The number of nitrogens with zero attached hydrogens (tertiary/aromatic N) is 4. The molecule has 0 bridgehead atoms. The van der Waals surface area contributed by atoms with Crippen LogP contribution in [0.25, 0.3) is 0 Å². The molecular formula is C11H17BClF4N5O. The van der Waals surface area contributed by atoms with Crippen LogP contribution in [0, 0.1) is 0 Å². The first-order valence-corrected chi connectivity index (χ1v) is 6.73. The zero-order valence-corrected chi connectivity index (χ0v) is 13.7. The highest BCUT2D eigenvalue weighted by Gasteiger charge is 2.31. The molecule has 2 rings (SSSR count). The molecule has 1 aliphatic heterocycles. The van der Waals surface area contributed by atoms with E-state index in [2.05, 4.69) is 5.53 Å². The highest BCUT2D eigenvalue weighted by atomic mass is 35.5. The lowest BCUT2D eigenvalue weighted by molar-refractivity contribution is -0.515. The van der Waals surface area contributed by atoms with Gasteiger partial charge in [-0.2, -0.15) is 5.53 Å². The fourth-order valence-corrected chi connectivity index (χ4v) is 2.18. The van der Waals surface area contributed by atoms with Gasteiger partial charge in [0.2, 0.25) is 0 Å². The number of anilines is 1. The number of hydrogen-bond acceptors (Lipinski definition) is 3. The topological polar surface area (TPSA) is 45.0 Å². The molecule has 1 aromatic rings. The number of nitrogens with one attached hydrogen (secondary N) is 1. The van der Waals surface area contributed by atoms with Gasteiger partial charge in [0, 0.05) is 5.02 Å². The molecule has 0 amide bonds. The van der Waals surface area contributed by atoms with Crippen molar-refractivity contribution in [2.45, 2.75) is 0 Å². The van der Waals surface area contributed by atoms with Gasteiger partial charge in [0.15, 0.2) is 5.69 Å². The van der Waals surface area contributed by atoms with Crippen molar-refractivity contribution in [2.24, 2.45) is 0 Å². The van der Waals surface area contributed by atoms with Gasteiger partial charge in [-0.1, -0.05) is 11.6 Å². The summed E-state index contributed by atoms with van der Waals surface area (Å²) >= 11 is 5.93. The standard InChI is InChI=1S/C11H17ClN5O.BF4/c1-14(2)11(15(3)4)16-9-6-5-8(12)7-10(9)17(18)13-16;2-1(3,4)5/h5-7,13,18H,1-4H3;/q+1;-1. The SMILES string of the molecule is CN(C)C(N(C)C)=[N+]1NN(O)c2cc(Cl)ccc21.F[B-](F)(F)F. The molecule has 23 heavy (non-hydrogen) atoms. The van der Waals surface area contributed by atoms with Gasteiger partial charge in [0.25, 0.3) is 0 Å². The average Bonchev–Trinajstić information content (AvgIpc) is 2.63. The van der Waals surface area contributed by atoms with E-state index in [9.17, 15) is 22.5 Å². The van der Waals surface area contributed by atoms with Crippen LogP contribution in [0.2, 0.25) is 5.02 Å². The summed E-state index contributed by atoms with van der Waals surface area (Å²) in [6, 6.07) is 5.35. The zero-order chi connectivity index (χ0) is 17.9. The quantitative estimate of drug-likeness (QED) is 0.323. The molecule has 1 aliphatic rings. The van der Waals surface area contributed by atoms with Crippen LogP contribution < -0.4 is 10.7 Å². The molecule has 12 heteroatoms. The van der Waals surface area contributed by atoms with Crippen LogP contribution in [-0.4, -0.2) is 61.1 Å². The largest absolute Gasteiger partial charge is 0.673 e. The predicted octanol–water partition coefficient (Wildman–Crippen LogP) is 2.39. The molecule has 0 atom stereocenters. The minimum absolute atomic E-state index is 0.577. The van der Waals surface area contributed by atoms with Crippen LogP contribution in [0.3, 0.4) is 0 Å². The molecule has 2 N–H and O–H groups in total. The highest BCUT2D eigenvalue weighted by Crippen LogP contribution is 2.33. The summed E-state index contributed by atoms with van der Waals surface area (Å²) in [6.45, 7) is 0. The molecule has 0 aliphatic carbocycles. The van der Waals surface area contributed by atoms with Gasteiger partial charge in [0.05, 0.1) is 28.2 Å². The molecule has 0 radical (unpaired) electrons. The second kappa shape index (κ2) is 7.13. The Hall–Kier alpha value is -1.88. The van der Waals surface area contributed by atoms with E-state index < -0.39 is 7.25 Å². The van der Waals surface area contributed by atoms with Gasteiger partial charge < -0.3 is 17.3 Å². The van der Waals surface area contributed by atoms with Gasteiger partial charge in [-0.3, -0.25) is 15.0 Å². The van der Waals surface area contributed by atoms with Crippen LogP contribution >= 0.6 is 11.6 Å². The summed E-state index contributed by atoms with van der Waals surface area (Å²) in [6.07, 6.45) is 0. The normalized spacial score (nSPS) is 13.0. The smallest absolute Gasteiger partial charge is 0.418 e. The fourth-order valence-electron chi connectivity index (χ4n) is 2.01. The first-order valence-electron chi connectivity index (χ1n) is 6.35. The molecule has 0 saturated heterocycles. The number of hydrogen-bond donors (Lipinski definition) is 2. The Bertz CT molecular complexity index is 580. The van der Waals surface area contributed by atoms with Crippen LogP contribution in [0.5, 0.6) is 0 Å². The van der Waals surface area contributed by atoms with Gasteiger partial charge in [-0.05, 0) is 18.2 Å². The Morgan fingerprint density at radius 1 is 1.17 bits per heavy atom. The number of hydrazone groups is 1. The fraction of sp³-hybridized carbons (Fsp3) is 0.364. The van der Waals surface area contributed by atoms with Crippen LogP contribution in [-0.2, 0) is 0 Å². The Balaban J connectivity index is 0.000000463. The summed E-state index contributed by atoms with van der Waals surface area (Å²) in [7, 11) is 1.75. The first kappa shape index (κ1) is 19.2. The van der Waals surface area contributed by atoms with Gasteiger partial charge in [-0.25, -0.2) is 0 Å². The van der Waals surface area contributed by atoms with E-state index in [0.717, 1.165) is 16.8 Å². The highest BCUT2D eigenvalue weighted by molar-refractivity contribution is 6.50. The molecule has 0 aromatic heterocycles. The van der Waals surface area contributed by atoms with Crippen molar-refractivity contribution in [1.82, 2.24) is 15.3 Å².